The highest BCUT2D eigenvalue weighted by molar-refractivity contribution is 5.35. The van der Waals surface area contributed by atoms with E-state index in [2.05, 4.69) is 21.9 Å². The minimum Gasteiger partial charge on any atom is -0.355 e. The Labute approximate surface area is 90.5 Å². The maximum absolute atomic E-state index is 5.89. The van der Waals surface area contributed by atoms with Gasteiger partial charge in [-0.3, -0.25) is 4.98 Å². The van der Waals surface area contributed by atoms with E-state index < -0.39 is 0 Å². The van der Waals surface area contributed by atoms with Crippen molar-refractivity contribution < 1.29 is 0 Å². The van der Waals surface area contributed by atoms with Crippen molar-refractivity contribution in [2.45, 2.75) is 37.8 Å². The lowest BCUT2D eigenvalue weighted by molar-refractivity contribution is 0.383. The highest BCUT2D eigenvalue weighted by atomic mass is 15.2. The zero-order valence-corrected chi connectivity index (χ0v) is 9.13. The Hall–Kier alpha value is -1.16. The number of hydrogen-bond acceptors (Lipinski definition) is 4. The largest absolute Gasteiger partial charge is 0.355 e. The van der Waals surface area contributed by atoms with Crippen LogP contribution in [-0.4, -0.2) is 29.1 Å². The van der Waals surface area contributed by atoms with Crippen molar-refractivity contribution in [3.63, 3.8) is 0 Å². The first-order chi connectivity index (χ1) is 7.27. The molecule has 0 unspecified atom stereocenters. The van der Waals surface area contributed by atoms with Gasteiger partial charge in [0.2, 0.25) is 0 Å². The van der Waals surface area contributed by atoms with Crippen LogP contribution in [0.5, 0.6) is 0 Å². The van der Waals surface area contributed by atoms with Crippen LogP contribution in [-0.2, 0) is 0 Å². The van der Waals surface area contributed by atoms with E-state index >= 15 is 0 Å². The van der Waals surface area contributed by atoms with E-state index in [-0.39, 0.29) is 0 Å². The summed E-state index contributed by atoms with van der Waals surface area (Å²) in [5, 5.41) is 0. The van der Waals surface area contributed by atoms with Crippen LogP contribution in [0.15, 0.2) is 18.6 Å². The zero-order valence-electron chi connectivity index (χ0n) is 9.13. The van der Waals surface area contributed by atoms with Crippen molar-refractivity contribution in [1.29, 1.82) is 0 Å². The van der Waals surface area contributed by atoms with Crippen LogP contribution < -0.4 is 10.6 Å². The standard InChI is InChI=1S/C11H18N4/c1-15(11-8-13-6-7-14-11)10-4-2-9(12)3-5-10/h6-10H,2-5,12H2,1H3. The van der Waals surface area contributed by atoms with E-state index in [4.69, 9.17) is 5.73 Å². The highest BCUT2D eigenvalue weighted by Gasteiger charge is 2.22. The van der Waals surface area contributed by atoms with Crippen LogP contribution >= 0.6 is 0 Å². The summed E-state index contributed by atoms with van der Waals surface area (Å²) in [6, 6.07) is 0.970. The first-order valence-electron chi connectivity index (χ1n) is 5.52. The summed E-state index contributed by atoms with van der Waals surface area (Å²) < 4.78 is 0. The van der Waals surface area contributed by atoms with Crippen molar-refractivity contribution in [1.82, 2.24) is 9.97 Å². The quantitative estimate of drug-likeness (QED) is 0.789. The molecule has 15 heavy (non-hydrogen) atoms. The summed E-state index contributed by atoms with van der Waals surface area (Å²) in [5.74, 6) is 0.956. The molecule has 1 aromatic rings. The fraction of sp³-hybridized carbons (Fsp3) is 0.636. The van der Waals surface area contributed by atoms with Crippen LogP contribution in [0.1, 0.15) is 25.7 Å². The predicted octanol–water partition coefficient (Wildman–Crippen LogP) is 1.18. The molecular formula is C11H18N4. The molecule has 4 heteroatoms. The van der Waals surface area contributed by atoms with Crippen molar-refractivity contribution in [3.8, 4) is 0 Å². The number of aromatic nitrogens is 2. The van der Waals surface area contributed by atoms with Gasteiger partial charge in [0.05, 0.1) is 6.20 Å². The van der Waals surface area contributed by atoms with Gasteiger partial charge >= 0.3 is 0 Å². The van der Waals surface area contributed by atoms with Crippen LogP contribution in [0.2, 0.25) is 0 Å². The average molecular weight is 206 g/mol. The van der Waals surface area contributed by atoms with Crippen molar-refractivity contribution in [2.24, 2.45) is 5.73 Å². The lowest BCUT2D eigenvalue weighted by atomic mass is 9.91. The first-order valence-corrected chi connectivity index (χ1v) is 5.52. The Morgan fingerprint density at radius 2 is 2.00 bits per heavy atom. The van der Waals surface area contributed by atoms with Gasteiger partial charge in [0.1, 0.15) is 5.82 Å². The molecule has 0 aromatic carbocycles. The maximum Gasteiger partial charge on any atom is 0.147 e. The van der Waals surface area contributed by atoms with Crippen LogP contribution in [0.25, 0.3) is 0 Å². The van der Waals surface area contributed by atoms with Crippen LogP contribution in [0.3, 0.4) is 0 Å². The Morgan fingerprint density at radius 1 is 1.27 bits per heavy atom. The minimum atomic E-state index is 0.400. The highest BCUT2D eigenvalue weighted by Crippen LogP contribution is 2.23. The Kier molecular flexibility index (Phi) is 3.16. The van der Waals surface area contributed by atoms with E-state index in [1.165, 1.54) is 0 Å². The molecule has 4 nitrogen and oxygen atoms in total. The van der Waals surface area contributed by atoms with Gasteiger partial charge in [-0.05, 0) is 25.7 Å². The lowest BCUT2D eigenvalue weighted by Gasteiger charge is -2.33. The topological polar surface area (TPSA) is 55.0 Å². The van der Waals surface area contributed by atoms with Crippen molar-refractivity contribution in [2.75, 3.05) is 11.9 Å². The van der Waals surface area contributed by atoms with Crippen LogP contribution in [0.4, 0.5) is 5.82 Å². The number of rotatable bonds is 2. The monoisotopic (exact) mass is 206 g/mol. The third-order valence-corrected chi connectivity index (χ3v) is 3.20. The zero-order chi connectivity index (χ0) is 10.7. The van der Waals surface area contributed by atoms with Gasteiger partial charge in [0.15, 0.2) is 0 Å². The molecule has 1 heterocycles. The van der Waals surface area contributed by atoms with Gasteiger partial charge in [-0.25, -0.2) is 4.98 Å². The third kappa shape index (κ3) is 2.45. The van der Waals surface area contributed by atoms with E-state index in [1.54, 1.807) is 12.4 Å². The molecule has 1 fully saturated rings. The number of nitrogens with two attached hydrogens (primary N) is 1. The molecule has 0 spiro atoms. The Balaban J connectivity index is 1.99. The molecule has 2 rings (SSSR count). The average Bonchev–Trinajstić information content (AvgIpc) is 2.30. The summed E-state index contributed by atoms with van der Waals surface area (Å²) in [4.78, 5) is 10.6. The molecule has 0 atom stereocenters. The second kappa shape index (κ2) is 4.57. The molecule has 1 aliphatic rings. The van der Waals surface area contributed by atoms with E-state index in [0.717, 1.165) is 31.5 Å². The summed E-state index contributed by atoms with van der Waals surface area (Å²) in [6.07, 6.45) is 9.82. The summed E-state index contributed by atoms with van der Waals surface area (Å²) in [6.45, 7) is 0. The summed E-state index contributed by atoms with van der Waals surface area (Å²) in [7, 11) is 2.09. The predicted molar refractivity (Wildman–Crippen MR) is 60.7 cm³/mol. The fourth-order valence-electron chi connectivity index (χ4n) is 2.15. The van der Waals surface area contributed by atoms with Crippen molar-refractivity contribution >= 4 is 5.82 Å². The van der Waals surface area contributed by atoms with E-state index in [1.807, 2.05) is 6.20 Å². The van der Waals surface area contributed by atoms with Gasteiger partial charge in [0, 0.05) is 31.5 Å². The molecule has 82 valence electrons. The molecule has 0 radical (unpaired) electrons. The van der Waals surface area contributed by atoms with Crippen LogP contribution in [0, 0.1) is 0 Å². The SMILES string of the molecule is CN(c1cnccn1)C1CCC(N)CC1. The number of hydrogen-bond donors (Lipinski definition) is 1. The van der Waals surface area contributed by atoms with E-state index in [0.29, 0.717) is 12.1 Å². The summed E-state index contributed by atoms with van der Waals surface area (Å²) >= 11 is 0. The smallest absolute Gasteiger partial charge is 0.147 e. The number of anilines is 1. The van der Waals surface area contributed by atoms with Gasteiger partial charge in [-0.1, -0.05) is 0 Å². The molecule has 0 bridgehead atoms. The maximum atomic E-state index is 5.89. The molecule has 1 aromatic heterocycles. The second-order valence-corrected chi connectivity index (χ2v) is 4.24. The van der Waals surface area contributed by atoms with Crippen molar-refractivity contribution in [3.05, 3.63) is 18.6 Å². The second-order valence-electron chi connectivity index (χ2n) is 4.24. The van der Waals surface area contributed by atoms with Gasteiger partial charge in [-0.15, -0.1) is 0 Å². The number of nitrogens with zero attached hydrogens (tertiary/aromatic N) is 3. The molecule has 0 aliphatic heterocycles. The van der Waals surface area contributed by atoms with Gasteiger partial charge in [-0.2, -0.15) is 0 Å². The molecular weight excluding hydrogens is 188 g/mol. The molecule has 2 N–H and O–H groups in total. The minimum absolute atomic E-state index is 0.400. The van der Waals surface area contributed by atoms with E-state index in [9.17, 15) is 0 Å². The third-order valence-electron chi connectivity index (χ3n) is 3.20. The molecule has 1 saturated carbocycles. The summed E-state index contributed by atoms with van der Waals surface area (Å²) in [5.41, 5.74) is 5.89. The molecule has 1 aliphatic carbocycles. The van der Waals surface area contributed by atoms with Gasteiger partial charge in [0.25, 0.3) is 0 Å². The molecule has 0 amide bonds. The fourth-order valence-corrected chi connectivity index (χ4v) is 2.15. The lowest BCUT2D eigenvalue weighted by Crippen LogP contribution is -2.39. The Morgan fingerprint density at radius 3 is 2.60 bits per heavy atom. The molecule has 0 saturated heterocycles. The van der Waals surface area contributed by atoms with Gasteiger partial charge < -0.3 is 10.6 Å². The Bertz CT molecular complexity index is 293. The normalized spacial score (nSPS) is 26.3. The first kappa shape index (κ1) is 10.4.